The SMILES string of the molecule is N=C(OC(=N)C1(N)CC1)c1c[nH]c2ncccc12. The van der Waals surface area contributed by atoms with E-state index in [2.05, 4.69) is 9.97 Å². The van der Waals surface area contributed by atoms with E-state index in [0.29, 0.717) is 11.2 Å². The molecule has 0 unspecified atom stereocenters. The van der Waals surface area contributed by atoms with Crippen LogP contribution in [0.15, 0.2) is 24.5 Å². The van der Waals surface area contributed by atoms with Gasteiger partial charge in [0.15, 0.2) is 0 Å². The number of fused-ring (bicyclic) bond motifs is 1. The molecule has 6 heteroatoms. The van der Waals surface area contributed by atoms with Gasteiger partial charge in [0.05, 0.1) is 11.1 Å². The summed E-state index contributed by atoms with van der Waals surface area (Å²) < 4.78 is 5.22. The molecule has 0 atom stereocenters. The molecule has 3 rings (SSSR count). The third-order valence-corrected chi connectivity index (χ3v) is 3.14. The van der Waals surface area contributed by atoms with E-state index in [1.807, 2.05) is 6.07 Å². The molecular weight excluding hydrogens is 230 g/mol. The largest absolute Gasteiger partial charge is 0.423 e. The summed E-state index contributed by atoms with van der Waals surface area (Å²) in [5.41, 5.74) is 6.47. The molecule has 5 N–H and O–H groups in total. The fraction of sp³-hybridized carbons (Fsp3) is 0.250. The number of H-pyrrole nitrogens is 1. The maximum atomic E-state index is 7.90. The zero-order valence-corrected chi connectivity index (χ0v) is 9.66. The Hall–Kier alpha value is -2.21. The molecule has 1 saturated carbocycles. The van der Waals surface area contributed by atoms with Crippen molar-refractivity contribution in [3.63, 3.8) is 0 Å². The summed E-state index contributed by atoms with van der Waals surface area (Å²) in [4.78, 5) is 7.10. The van der Waals surface area contributed by atoms with E-state index in [4.69, 9.17) is 21.3 Å². The zero-order valence-electron chi connectivity index (χ0n) is 9.66. The predicted octanol–water partition coefficient (Wildman–Crippen LogP) is 1.37. The number of hydrogen-bond donors (Lipinski definition) is 4. The van der Waals surface area contributed by atoms with Crippen molar-refractivity contribution in [2.24, 2.45) is 5.73 Å². The maximum Gasteiger partial charge on any atom is 0.223 e. The molecular formula is C12H13N5O. The molecule has 0 radical (unpaired) electrons. The Morgan fingerprint density at radius 3 is 2.94 bits per heavy atom. The van der Waals surface area contributed by atoms with Crippen molar-refractivity contribution >= 4 is 22.8 Å². The van der Waals surface area contributed by atoms with Crippen molar-refractivity contribution in [1.82, 2.24) is 9.97 Å². The van der Waals surface area contributed by atoms with Crippen LogP contribution in [0.25, 0.3) is 11.0 Å². The van der Waals surface area contributed by atoms with Gasteiger partial charge in [0.2, 0.25) is 11.8 Å². The molecule has 1 fully saturated rings. The van der Waals surface area contributed by atoms with Gasteiger partial charge in [0.25, 0.3) is 0 Å². The van der Waals surface area contributed by atoms with E-state index >= 15 is 0 Å². The molecule has 2 heterocycles. The van der Waals surface area contributed by atoms with Crippen LogP contribution in [0.1, 0.15) is 18.4 Å². The van der Waals surface area contributed by atoms with E-state index in [9.17, 15) is 0 Å². The minimum absolute atomic E-state index is 0.0364. The topological polar surface area (TPSA) is 112 Å². The monoisotopic (exact) mass is 243 g/mol. The molecule has 0 aliphatic heterocycles. The molecule has 92 valence electrons. The molecule has 0 bridgehead atoms. The first kappa shape index (κ1) is 10.9. The summed E-state index contributed by atoms with van der Waals surface area (Å²) in [5, 5.41) is 16.4. The standard InChI is InChI=1S/C12H13N5O/c13-9(18-11(14)12(15)3-4-12)8-6-17-10-7(8)2-1-5-16-10/h1-2,5-6,13-14H,3-4,15H2,(H,16,17). The molecule has 6 nitrogen and oxygen atoms in total. The second-order valence-electron chi connectivity index (χ2n) is 4.52. The van der Waals surface area contributed by atoms with Gasteiger partial charge in [-0.2, -0.15) is 0 Å². The molecule has 2 aromatic rings. The number of nitrogens with zero attached hydrogens (tertiary/aromatic N) is 1. The minimum atomic E-state index is -0.656. The number of aromatic amines is 1. The van der Waals surface area contributed by atoms with Crippen molar-refractivity contribution in [2.45, 2.75) is 18.4 Å². The van der Waals surface area contributed by atoms with Crippen LogP contribution < -0.4 is 5.73 Å². The number of pyridine rings is 1. The van der Waals surface area contributed by atoms with E-state index < -0.39 is 5.54 Å². The van der Waals surface area contributed by atoms with Gasteiger partial charge in [0, 0.05) is 17.8 Å². The van der Waals surface area contributed by atoms with Gasteiger partial charge in [-0.15, -0.1) is 0 Å². The van der Waals surface area contributed by atoms with Crippen LogP contribution in [0.2, 0.25) is 0 Å². The van der Waals surface area contributed by atoms with Crippen LogP contribution in [-0.4, -0.2) is 27.3 Å². The van der Waals surface area contributed by atoms with Gasteiger partial charge in [-0.1, -0.05) is 0 Å². The summed E-state index contributed by atoms with van der Waals surface area (Å²) in [6, 6.07) is 3.65. The van der Waals surface area contributed by atoms with Gasteiger partial charge < -0.3 is 15.5 Å². The van der Waals surface area contributed by atoms with Crippen LogP contribution in [0, 0.1) is 10.8 Å². The zero-order chi connectivity index (χ0) is 12.8. The second-order valence-corrected chi connectivity index (χ2v) is 4.52. The normalized spacial score (nSPS) is 16.5. The summed E-state index contributed by atoms with van der Waals surface area (Å²) in [6.07, 6.45) is 4.82. The third-order valence-electron chi connectivity index (χ3n) is 3.14. The highest BCUT2D eigenvalue weighted by Gasteiger charge is 2.45. The van der Waals surface area contributed by atoms with Crippen molar-refractivity contribution in [1.29, 1.82) is 10.8 Å². The Labute approximate surface area is 103 Å². The number of hydrogen-bond acceptors (Lipinski definition) is 5. The molecule has 1 aliphatic rings. The Bertz CT molecular complexity index is 641. The Morgan fingerprint density at radius 2 is 2.22 bits per heavy atom. The lowest BCUT2D eigenvalue weighted by atomic mass is 10.2. The summed E-state index contributed by atoms with van der Waals surface area (Å²) in [7, 11) is 0. The van der Waals surface area contributed by atoms with Crippen molar-refractivity contribution < 1.29 is 4.74 Å². The van der Waals surface area contributed by atoms with E-state index in [1.54, 1.807) is 18.5 Å². The molecule has 2 aromatic heterocycles. The smallest absolute Gasteiger partial charge is 0.223 e. The minimum Gasteiger partial charge on any atom is -0.423 e. The van der Waals surface area contributed by atoms with Crippen LogP contribution >= 0.6 is 0 Å². The van der Waals surface area contributed by atoms with Crippen molar-refractivity contribution in [3.05, 3.63) is 30.1 Å². The number of rotatable bonds is 2. The van der Waals surface area contributed by atoms with E-state index in [-0.39, 0.29) is 11.8 Å². The highest BCUT2D eigenvalue weighted by atomic mass is 16.5. The van der Waals surface area contributed by atoms with Crippen LogP contribution in [0.3, 0.4) is 0 Å². The number of nitrogens with two attached hydrogens (primary N) is 1. The quantitative estimate of drug-likeness (QED) is 0.472. The number of ether oxygens (including phenoxy) is 1. The summed E-state index contributed by atoms with van der Waals surface area (Å²) in [5.74, 6) is -0.110. The number of aromatic nitrogens is 2. The second kappa shape index (κ2) is 3.64. The Morgan fingerprint density at radius 1 is 1.44 bits per heavy atom. The van der Waals surface area contributed by atoms with Gasteiger partial charge in [-0.3, -0.25) is 10.8 Å². The number of nitrogens with one attached hydrogen (secondary N) is 3. The van der Waals surface area contributed by atoms with E-state index in [1.165, 1.54) is 0 Å². The fourth-order valence-corrected chi connectivity index (χ4v) is 1.76. The third kappa shape index (κ3) is 1.67. The lowest BCUT2D eigenvalue weighted by Crippen LogP contribution is -2.35. The average Bonchev–Trinajstić information content (AvgIpc) is 2.97. The predicted molar refractivity (Wildman–Crippen MR) is 67.9 cm³/mol. The molecule has 1 aliphatic carbocycles. The first-order valence-corrected chi connectivity index (χ1v) is 5.67. The molecule has 0 amide bonds. The lowest BCUT2D eigenvalue weighted by molar-refractivity contribution is 0.497. The van der Waals surface area contributed by atoms with Gasteiger partial charge >= 0.3 is 0 Å². The van der Waals surface area contributed by atoms with Gasteiger partial charge in [-0.05, 0) is 25.0 Å². The van der Waals surface area contributed by atoms with Crippen molar-refractivity contribution in [3.8, 4) is 0 Å². The van der Waals surface area contributed by atoms with Gasteiger partial charge in [0.1, 0.15) is 5.65 Å². The van der Waals surface area contributed by atoms with Crippen LogP contribution in [-0.2, 0) is 4.74 Å². The molecule has 0 spiro atoms. The maximum absolute atomic E-state index is 7.90. The first-order valence-electron chi connectivity index (χ1n) is 5.67. The Balaban J connectivity index is 1.86. The van der Waals surface area contributed by atoms with Crippen LogP contribution in [0.5, 0.6) is 0 Å². The highest BCUT2D eigenvalue weighted by Crippen LogP contribution is 2.34. The van der Waals surface area contributed by atoms with E-state index in [0.717, 1.165) is 18.2 Å². The molecule has 0 aromatic carbocycles. The fourth-order valence-electron chi connectivity index (χ4n) is 1.76. The molecule has 18 heavy (non-hydrogen) atoms. The first-order chi connectivity index (χ1) is 8.60. The average molecular weight is 243 g/mol. The molecule has 0 saturated heterocycles. The Kier molecular flexibility index (Phi) is 2.21. The summed E-state index contributed by atoms with van der Waals surface area (Å²) in [6.45, 7) is 0. The highest BCUT2D eigenvalue weighted by molar-refractivity contribution is 6.09. The lowest BCUT2D eigenvalue weighted by Gasteiger charge is -2.11. The van der Waals surface area contributed by atoms with Crippen LogP contribution in [0.4, 0.5) is 0 Å². The summed E-state index contributed by atoms with van der Waals surface area (Å²) >= 11 is 0. The van der Waals surface area contributed by atoms with Gasteiger partial charge in [-0.25, -0.2) is 4.98 Å². The van der Waals surface area contributed by atoms with Crippen molar-refractivity contribution in [2.75, 3.05) is 0 Å².